The summed E-state index contributed by atoms with van der Waals surface area (Å²) in [6.07, 6.45) is -2.44. The van der Waals surface area contributed by atoms with Gasteiger partial charge in [-0.15, -0.1) is 0 Å². The molecule has 0 spiro atoms. The van der Waals surface area contributed by atoms with E-state index in [2.05, 4.69) is 5.32 Å². The summed E-state index contributed by atoms with van der Waals surface area (Å²) in [5, 5.41) is 3.73. The molecule has 2 aromatic rings. The van der Waals surface area contributed by atoms with E-state index in [1.165, 1.54) is 12.1 Å². The van der Waals surface area contributed by atoms with Crippen molar-refractivity contribution in [1.82, 2.24) is 0 Å². The lowest BCUT2D eigenvalue weighted by Crippen LogP contribution is -2.00. The van der Waals surface area contributed by atoms with Crippen LogP contribution in [0.15, 0.2) is 42.5 Å². The summed E-state index contributed by atoms with van der Waals surface area (Å²) in [6, 6.07) is 11.5. The van der Waals surface area contributed by atoms with E-state index in [0.717, 1.165) is 11.3 Å². The molecule has 0 aliphatic carbocycles. The first kappa shape index (κ1) is 14.6. The molecule has 0 aromatic heterocycles. The van der Waals surface area contributed by atoms with Crippen LogP contribution in [0, 0.1) is 0 Å². The number of halogens is 3. The van der Waals surface area contributed by atoms with E-state index in [0.29, 0.717) is 17.3 Å². The van der Waals surface area contributed by atoms with Crippen molar-refractivity contribution in [2.24, 2.45) is 0 Å². The van der Waals surface area contributed by atoms with Crippen molar-refractivity contribution in [1.29, 1.82) is 0 Å². The van der Waals surface area contributed by atoms with Gasteiger partial charge in [0.25, 0.3) is 6.43 Å². The van der Waals surface area contributed by atoms with Gasteiger partial charge < -0.3 is 10.1 Å². The van der Waals surface area contributed by atoms with Crippen molar-refractivity contribution < 1.29 is 13.5 Å². The molecule has 20 heavy (non-hydrogen) atoms. The van der Waals surface area contributed by atoms with E-state index in [1.54, 1.807) is 37.4 Å². The van der Waals surface area contributed by atoms with Crippen LogP contribution in [0.5, 0.6) is 5.75 Å². The van der Waals surface area contributed by atoms with Crippen LogP contribution in [0.2, 0.25) is 5.02 Å². The minimum atomic E-state index is -2.44. The SMILES string of the molecule is COc1ccc(Cl)c(NCc2ccc(C(F)F)cc2)c1. The second kappa shape index (κ2) is 6.57. The lowest BCUT2D eigenvalue weighted by molar-refractivity contribution is 0.151. The first-order valence-electron chi connectivity index (χ1n) is 6.04. The largest absolute Gasteiger partial charge is 0.497 e. The number of hydrogen-bond acceptors (Lipinski definition) is 2. The Morgan fingerprint density at radius 3 is 2.45 bits per heavy atom. The number of rotatable bonds is 5. The average Bonchev–Trinajstić information content (AvgIpc) is 2.47. The highest BCUT2D eigenvalue weighted by Gasteiger charge is 2.06. The molecule has 5 heteroatoms. The second-order valence-corrected chi connectivity index (χ2v) is 4.65. The molecule has 0 atom stereocenters. The molecule has 0 aliphatic rings. The Morgan fingerprint density at radius 2 is 1.85 bits per heavy atom. The van der Waals surface area contributed by atoms with Gasteiger partial charge in [-0.25, -0.2) is 8.78 Å². The lowest BCUT2D eigenvalue weighted by atomic mass is 10.1. The number of methoxy groups -OCH3 is 1. The molecule has 2 rings (SSSR count). The highest BCUT2D eigenvalue weighted by Crippen LogP contribution is 2.27. The van der Waals surface area contributed by atoms with Gasteiger partial charge in [0, 0.05) is 18.2 Å². The maximum Gasteiger partial charge on any atom is 0.263 e. The van der Waals surface area contributed by atoms with Gasteiger partial charge in [-0.2, -0.15) is 0 Å². The summed E-state index contributed by atoms with van der Waals surface area (Å²) >= 11 is 6.07. The van der Waals surface area contributed by atoms with Crippen LogP contribution in [0.1, 0.15) is 17.6 Å². The molecule has 0 aliphatic heterocycles. The lowest BCUT2D eigenvalue weighted by Gasteiger charge is -2.10. The van der Waals surface area contributed by atoms with Gasteiger partial charge in [-0.1, -0.05) is 35.9 Å². The molecule has 0 heterocycles. The van der Waals surface area contributed by atoms with Gasteiger partial charge in [0.1, 0.15) is 5.75 Å². The molecule has 106 valence electrons. The highest BCUT2D eigenvalue weighted by molar-refractivity contribution is 6.33. The monoisotopic (exact) mass is 297 g/mol. The van der Waals surface area contributed by atoms with Gasteiger partial charge in [-0.3, -0.25) is 0 Å². The van der Waals surface area contributed by atoms with E-state index >= 15 is 0 Å². The predicted octanol–water partition coefficient (Wildman–Crippen LogP) is 4.90. The first-order valence-corrected chi connectivity index (χ1v) is 6.42. The van der Waals surface area contributed by atoms with Crippen LogP contribution in [-0.4, -0.2) is 7.11 Å². The Labute approximate surface area is 121 Å². The molecule has 0 saturated heterocycles. The Morgan fingerprint density at radius 1 is 1.15 bits per heavy atom. The fourth-order valence-corrected chi connectivity index (χ4v) is 1.93. The maximum absolute atomic E-state index is 12.4. The standard InChI is InChI=1S/C15H14ClF2NO/c1-20-12-6-7-13(16)14(8-12)19-9-10-2-4-11(5-3-10)15(17)18/h2-8,15,19H,9H2,1H3. The van der Waals surface area contributed by atoms with Crippen LogP contribution in [0.25, 0.3) is 0 Å². The number of hydrogen-bond donors (Lipinski definition) is 1. The van der Waals surface area contributed by atoms with Gasteiger partial charge >= 0.3 is 0 Å². The van der Waals surface area contributed by atoms with Crippen molar-refractivity contribution in [3.63, 3.8) is 0 Å². The third-order valence-electron chi connectivity index (χ3n) is 2.89. The summed E-state index contributed by atoms with van der Waals surface area (Å²) < 4.78 is 30.0. The minimum absolute atomic E-state index is 0.0214. The number of anilines is 1. The number of alkyl halides is 2. The van der Waals surface area contributed by atoms with E-state index < -0.39 is 6.43 Å². The third-order valence-corrected chi connectivity index (χ3v) is 3.22. The fourth-order valence-electron chi connectivity index (χ4n) is 1.75. The molecule has 0 radical (unpaired) electrons. The molecule has 2 aromatic carbocycles. The summed E-state index contributed by atoms with van der Waals surface area (Å²) in [5.41, 5.74) is 1.66. The van der Waals surface area contributed by atoms with Crippen LogP contribution in [0.4, 0.5) is 14.5 Å². The van der Waals surface area contributed by atoms with Crippen molar-refractivity contribution in [2.75, 3.05) is 12.4 Å². The van der Waals surface area contributed by atoms with E-state index in [-0.39, 0.29) is 5.56 Å². The van der Waals surface area contributed by atoms with E-state index in [4.69, 9.17) is 16.3 Å². The molecule has 0 amide bonds. The normalized spacial score (nSPS) is 10.7. The summed E-state index contributed by atoms with van der Waals surface area (Å²) in [6.45, 7) is 0.496. The molecule has 0 bridgehead atoms. The van der Waals surface area contributed by atoms with Crippen LogP contribution in [0.3, 0.4) is 0 Å². The Balaban J connectivity index is 2.04. The highest BCUT2D eigenvalue weighted by atomic mass is 35.5. The molecule has 1 N–H and O–H groups in total. The van der Waals surface area contributed by atoms with E-state index in [1.807, 2.05) is 0 Å². The summed E-state index contributed by atoms with van der Waals surface area (Å²) in [7, 11) is 1.58. The fraction of sp³-hybridized carbons (Fsp3) is 0.200. The third kappa shape index (κ3) is 3.61. The number of ether oxygens (including phenoxy) is 1. The smallest absolute Gasteiger partial charge is 0.263 e. The van der Waals surface area contributed by atoms with Crippen molar-refractivity contribution >= 4 is 17.3 Å². The molecule has 0 fully saturated rings. The first-order chi connectivity index (χ1) is 9.60. The van der Waals surface area contributed by atoms with Crippen molar-refractivity contribution in [2.45, 2.75) is 13.0 Å². The zero-order chi connectivity index (χ0) is 14.5. The predicted molar refractivity (Wildman–Crippen MR) is 76.7 cm³/mol. The molecular formula is C15H14ClF2NO. The Bertz CT molecular complexity index is 573. The Hall–Kier alpha value is -1.81. The quantitative estimate of drug-likeness (QED) is 0.847. The van der Waals surface area contributed by atoms with Gasteiger partial charge in [0.2, 0.25) is 0 Å². The number of nitrogens with one attached hydrogen (secondary N) is 1. The summed E-state index contributed by atoms with van der Waals surface area (Å²) in [5.74, 6) is 0.699. The van der Waals surface area contributed by atoms with Crippen LogP contribution >= 0.6 is 11.6 Å². The molecular weight excluding hydrogens is 284 g/mol. The van der Waals surface area contributed by atoms with E-state index in [9.17, 15) is 8.78 Å². The Kier molecular flexibility index (Phi) is 4.79. The molecule has 0 saturated carbocycles. The van der Waals surface area contributed by atoms with Crippen LogP contribution in [-0.2, 0) is 6.54 Å². The zero-order valence-corrected chi connectivity index (χ0v) is 11.6. The zero-order valence-electron chi connectivity index (χ0n) is 10.9. The van der Waals surface area contributed by atoms with Gasteiger partial charge in [0.05, 0.1) is 17.8 Å². The molecule has 2 nitrogen and oxygen atoms in total. The number of benzene rings is 2. The van der Waals surface area contributed by atoms with Gasteiger partial charge in [0.15, 0.2) is 0 Å². The van der Waals surface area contributed by atoms with Crippen LogP contribution < -0.4 is 10.1 Å². The minimum Gasteiger partial charge on any atom is -0.497 e. The average molecular weight is 298 g/mol. The van der Waals surface area contributed by atoms with Crippen molar-refractivity contribution in [3.8, 4) is 5.75 Å². The van der Waals surface area contributed by atoms with Gasteiger partial charge in [-0.05, 0) is 17.7 Å². The molecule has 0 unspecified atom stereocenters. The van der Waals surface area contributed by atoms with Crippen molar-refractivity contribution in [3.05, 3.63) is 58.6 Å². The maximum atomic E-state index is 12.4. The summed E-state index contributed by atoms with van der Waals surface area (Å²) in [4.78, 5) is 0. The topological polar surface area (TPSA) is 21.3 Å². The second-order valence-electron chi connectivity index (χ2n) is 4.24.